The number of hydrogen-bond donors (Lipinski definition) is 0. The molecular formula is C15H25O4P. The third-order valence-corrected chi connectivity index (χ3v) is 5.30. The number of rotatable bonds is 7. The van der Waals surface area contributed by atoms with E-state index in [1.54, 1.807) is 13.8 Å². The minimum absolute atomic E-state index is 0.323. The fourth-order valence-corrected chi connectivity index (χ4v) is 4.17. The lowest BCUT2D eigenvalue weighted by Gasteiger charge is -2.22. The van der Waals surface area contributed by atoms with E-state index in [-0.39, 0.29) is 0 Å². The molecular weight excluding hydrogens is 275 g/mol. The summed E-state index contributed by atoms with van der Waals surface area (Å²) in [5, 5.41) is 0. The molecule has 2 aliphatic rings. The van der Waals surface area contributed by atoms with E-state index in [0.29, 0.717) is 19.1 Å². The molecule has 1 unspecified atom stereocenters. The molecule has 5 heteroatoms. The highest BCUT2D eigenvalue weighted by atomic mass is 31.2. The second-order valence-electron chi connectivity index (χ2n) is 5.14. The Kier molecular flexibility index (Phi) is 5.88. The lowest BCUT2D eigenvalue weighted by atomic mass is 9.88. The molecule has 1 atom stereocenters. The zero-order valence-electron chi connectivity index (χ0n) is 12.5. The van der Waals surface area contributed by atoms with Crippen molar-refractivity contribution in [2.24, 2.45) is 5.92 Å². The number of allylic oxidation sites excluding steroid dienone is 4. The van der Waals surface area contributed by atoms with Gasteiger partial charge in [0.25, 0.3) is 0 Å². The Morgan fingerprint density at radius 1 is 1.20 bits per heavy atom. The van der Waals surface area contributed by atoms with Gasteiger partial charge in [0, 0.05) is 12.3 Å². The van der Waals surface area contributed by atoms with E-state index < -0.39 is 7.82 Å². The first kappa shape index (κ1) is 15.8. The van der Waals surface area contributed by atoms with Gasteiger partial charge in [-0.25, -0.2) is 4.57 Å². The van der Waals surface area contributed by atoms with Crippen molar-refractivity contribution in [3.05, 3.63) is 23.5 Å². The maximum Gasteiger partial charge on any atom is 0.529 e. The number of hydrogen-bond acceptors (Lipinski definition) is 4. The lowest BCUT2D eigenvalue weighted by molar-refractivity contribution is 0.143. The Morgan fingerprint density at radius 2 is 1.95 bits per heavy atom. The largest absolute Gasteiger partial charge is 0.529 e. The van der Waals surface area contributed by atoms with Gasteiger partial charge in [0.15, 0.2) is 0 Å². The summed E-state index contributed by atoms with van der Waals surface area (Å²) in [6, 6.07) is 0. The summed E-state index contributed by atoms with van der Waals surface area (Å²) in [5.41, 5.74) is 1.29. The van der Waals surface area contributed by atoms with Crippen molar-refractivity contribution in [1.29, 1.82) is 0 Å². The van der Waals surface area contributed by atoms with Crippen LogP contribution < -0.4 is 0 Å². The average Bonchev–Trinajstić information content (AvgIpc) is 2.88. The average molecular weight is 300 g/mol. The predicted molar refractivity (Wildman–Crippen MR) is 79.3 cm³/mol. The normalized spacial score (nSPS) is 23.4. The Hall–Kier alpha value is -0.570. The van der Waals surface area contributed by atoms with Gasteiger partial charge < -0.3 is 4.52 Å². The van der Waals surface area contributed by atoms with Crippen LogP contribution in [0.2, 0.25) is 0 Å². The van der Waals surface area contributed by atoms with Gasteiger partial charge in [-0.3, -0.25) is 9.05 Å². The summed E-state index contributed by atoms with van der Waals surface area (Å²) >= 11 is 0. The molecule has 0 bridgehead atoms. The first-order valence-corrected chi connectivity index (χ1v) is 9.12. The Bertz CT molecular complexity index is 418. The zero-order valence-corrected chi connectivity index (χ0v) is 13.4. The van der Waals surface area contributed by atoms with Gasteiger partial charge in [-0.2, -0.15) is 0 Å². The highest BCUT2D eigenvalue weighted by molar-refractivity contribution is 7.48. The van der Waals surface area contributed by atoms with Crippen LogP contribution >= 0.6 is 7.82 Å². The minimum atomic E-state index is -3.44. The number of phosphoric ester groups is 1. The molecule has 0 amide bonds. The van der Waals surface area contributed by atoms with Crippen LogP contribution in [0, 0.1) is 5.92 Å². The summed E-state index contributed by atoms with van der Waals surface area (Å²) in [5.74, 6) is 1.28. The first-order valence-electron chi connectivity index (χ1n) is 7.65. The topological polar surface area (TPSA) is 44.8 Å². The van der Waals surface area contributed by atoms with E-state index in [9.17, 15) is 4.57 Å². The minimum Gasteiger partial charge on any atom is -0.409 e. The van der Waals surface area contributed by atoms with Crippen LogP contribution in [0.1, 0.15) is 52.4 Å². The second-order valence-corrected chi connectivity index (χ2v) is 6.73. The predicted octanol–water partition coefficient (Wildman–Crippen LogP) is 4.98. The molecule has 0 aromatic heterocycles. The molecule has 0 aliphatic heterocycles. The van der Waals surface area contributed by atoms with E-state index in [2.05, 4.69) is 12.2 Å². The van der Waals surface area contributed by atoms with Gasteiger partial charge in [-0.1, -0.05) is 12.2 Å². The van der Waals surface area contributed by atoms with Gasteiger partial charge >= 0.3 is 7.82 Å². The monoisotopic (exact) mass is 300 g/mol. The molecule has 0 saturated carbocycles. The van der Waals surface area contributed by atoms with Crippen LogP contribution in [0.4, 0.5) is 0 Å². The smallest absolute Gasteiger partial charge is 0.409 e. The van der Waals surface area contributed by atoms with Gasteiger partial charge in [-0.05, 0) is 51.5 Å². The molecule has 2 rings (SSSR count). The van der Waals surface area contributed by atoms with Crippen molar-refractivity contribution in [2.75, 3.05) is 13.2 Å². The maximum absolute atomic E-state index is 12.5. The SMILES string of the molecule is CCOP(=O)(OCC)OC1=C(C2C=CCCC2)CCC1. The van der Waals surface area contributed by atoms with Crippen LogP contribution in [0.5, 0.6) is 0 Å². The molecule has 0 saturated heterocycles. The van der Waals surface area contributed by atoms with E-state index in [1.807, 2.05) is 0 Å². The highest BCUT2D eigenvalue weighted by Gasteiger charge is 2.32. The van der Waals surface area contributed by atoms with Gasteiger partial charge in [0.2, 0.25) is 0 Å². The Balaban J connectivity index is 2.13. The third kappa shape index (κ3) is 3.97. The van der Waals surface area contributed by atoms with Crippen molar-refractivity contribution in [2.45, 2.75) is 52.4 Å². The summed E-state index contributed by atoms with van der Waals surface area (Å²) in [4.78, 5) is 0. The van der Waals surface area contributed by atoms with E-state index in [1.165, 1.54) is 12.0 Å². The van der Waals surface area contributed by atoms with Crippen LogP contribution in [0.25, 0.3) is 0 Å². The van der Waals surface area contributed by atoms with Crippen LogP contribution in [-0.4, -0.2) is 13.2 Å². The highest BCUT2D eigenvalue weighted by Crippen LogP contribution is 2.54. The van der Waals surface area contributed by atoms with Crippen LogP contribution in [0.15, 0.2) is 23.5 Å². The molecule has 0 aromatic carbocycles. The van der Waals surface area contributed by atoms with E-state index in [4.69, 9.17) is 13.6 Å². The third-order valence-electron chi connectivity index (χ3n) is 3.71. The van der Waals surface area contributed by atoms with Gasteiger partial charge in [0.1, 0.15) is 5.76 Å². The standard InChI is InChI=1S/C15H25O4P/c1-3-17-20(16,18-4-2)19-15-12-8-11-14(15)13-9-6-5-7-10-13/h6,9,13H,3-5,7-8,10-12H2,1-2H3. The van der Waals surface area contributed by atoms with Crippen molar-refractivity contribution in [3.63, 3.8) is 0 Å². The molecule has 0 N–H and O–H groups in total. The van der Waals surface area contributed by atoms with Gasteiger partial charge in [0.05, 0.1) is 13.2 Å². The summed E-state index contributed by atoms with van der Waals surface area (Å²) in [6.07, 6.45) is 11.0. The lowest BCUT2D eigenvalue weighted by Crippen LogP contribution is -2.07. The van der Waals surface area contributed by atoms with Gasteiger partial charge in [-0.15, -0.1) is 0 Å². The molecule has 0 fully saturated rings. The van der Waals surface area contributed by atoms with Crippen molar-refractivity contribution >= 4 is 7.82 Å². The number of phosphoric acid groups is 1. The summed E-state index contributed by atoms with van der Waals surface area (Å²) in [7, 11) is -3.44. The molecule has 0 heterocycles. The Morgan fingerprint density at radius 3 is 2.55 bits per heavy atom. The zero-order chi connectivity index (χ0) is 14.4. The molecule has 0 aromatic rings. The molecule has 2 aliphatic carbocycles. The van der Waals surface area contributed by atoms with Crippen LogP contribution in [-0.2, 0) is 18.1 Å². The summed E-state index contributed by atoms with van der Waals surface area (Å²) < 4.78 is 28.6. The quantitative estimate of drug-likeness (QED) is 0.491. The van der Waals surface area contributed by atoms with E-state index in [0.717, 1.165) is 37.9 Å². The first-order chi connectivity index (χ1) is 9.68. The molecule has 0 radical (unpaired) electrons. The van der Waals surface area contributed by atoms with E-state index >= 15 is 0 Å². The second kappa shape index (κ2) is 7.44. The molecule has 114 valence electrons. The fourth-order valence-electron chi connectivity index (χ4n) is 2.88. The Labute approximate surface area is 121 Å². The fraction of sp³-hybridized carbons (Fsp3) is 0.733. The maximum atomic E-state index is 12.5. The van der Waals surface area contributed by atoms with Crippen molar-refractivity contribution in [1.82, 2.24) is 0 Å². The molecule has 20 heavy (non-hydrogen) atoms. The van der Waals surface area contributed by atoms with Crippen molar-refractivity contribution < 1.29 is 18.1 Å². The van der Waals surface area contributed by atoms with Crippen molar-refractivity contribution in [3.8, 4) is 0 Å². The molecule has 4 nitrogen and oxygen atoms in total. The van der Waals surface area contributed by atoms with Crippen LogP contribution in [0.3, 0.4) is 0 Å². The summed E-state index contributed by atoms with van der Waals surface area (Å²) in [6.45, 7) is 4.23. The molecule has 0 spiro atoms.